The second-order valence-corrected chi connectivity index (χ2v) is 3.26. The van der Waals surface area contributed by atoms with E-state index in [9.17, 15) is 0 Å². The van der Waals surface area contributed by atoms with Crippen molar-refractivity contribution < 1.29 is 4.74 Å². The van der Waals surface area contributed by atoms with Crippen LogP contribution in [0.15, 0.2) is 18.2 Å². The van der Waals surface area contributed by atoms with Crippen molar-refractivity contribution in [3.05, 3.63) is 29.3 Å². The van der Waals surface area contributed by atoms with E-state index in [-0.39, 0.29) is 12.4 Å². The first kappa shape index (κ1) is 13.3. The zero-order valence-electron chi connectivity index (χ0n) is 8.75. The van der Waals surface area contributed by atoms with E-state index in [4.69, 9.17) is 10.5 Å². The van der Waals surface area contributed by atoms with Crippen molar-refractivity contribution in [2.24, 2.45) is 5.73 Å². The summed E-state index contributed by atoms with van der Waals surface area (Å²) in [6, 6.07) is 6.23. The van der Waals surface area contributed by atoms with Crippen LogP contribution < -0.4 is 10.5 Å². The number of aryl methyl sites for hydroxylation is 2. The monoisotopic (exact) mass is 215 g/mol. The van der Waals surface area contributed by atoms with Gasteiger partial charge in [0.05, 0.1) is 6.61 Å². The van der Waals surface area contributed by atoms with Crippen molar-refractivity contribution in [2.75, 3.05) is 13.2 Å². The maximum atomic E-state index is 5.58. The second-order valence-electron chi connectivity index (χ2n) is 3.26. The van der Waals surface area contributed by atoms with E-state index in [1.807, 2.05) is 0 Å². The van der Waals surface area contributed by atoms with Gasteiger partial charge < -0.3 is 10.5 Å². The van der Waals surface area contributed by atoms with E-state index in [2.05, 4.69) is 32.0 Å². The van der Waals surface area contributed by atoms with E-state index in [0.29, 0.717) is 13.2 Å². The molecule has 1 rings (SSSR count). The van der Waals surface area contributed by atoms with Gasteiger partial charge in [-0.15, -0.1) is 12.4 Å². The van der Waals surface area contributed by atoms with Crippen LogP contribution in [0.3, 0.4) is 0 Å². The summed E-state index contributed by atoms with van der Waals surface area (Å²) < 4.78 is 5.58. The zero-order valence-corrected chi connectivity index (χ0v) is 9.56. The highest BCUT2D eigenvalue weighted by molar-refractivity contribution is 5.85. The number of hydrogen-bond acceptors (Lipinski definition) is 2. The normalized spacial score (nSPS) is 9.36. The lowest BCUT2D eigenvalue weighted by Gasteiger charge is -2.08. The van der Waals surface area contributed by atoms with E-state index in [1.54, 1.807) is 0 Å². The summed E-state index contributed by atoms with van der Waals surface area (Å²) >= 11 is 0. The van der Waals surface area contributed by atoms with Crippen LogP contribution in [0, 0.1) is 13.8 Å². The molecule has 0 spiro atoms. The Morgan fingerprint density at radius 3 is 2.64 bits per heavy atom. The lowest BCUT2D eigenvalue weighted by molar-refractivity contribution is 0.311. The predicted octanol–water partition coefficient (Wildman–Crippen LogP) is 2.45. The third kappa shape index (κ3) is 3.99. The smallest absolute Gasteiger partial charge is 0.122 e. The quantitative estimate of drug-likeness (QED) is 0.784. The Hall–Kier alpha value is -0.730. The van der Waals surface area contributed by atoms with Crippen molar-refractivity contribution in [3.63, 3.8) is 0 Å². The van der Waals surface area contributed by atoms with Gasteiger partial charge in [0.25, 0.3) is 0 Å². The van der Waals surface area contributed by atoms with Crippen LogP contribution >= 0.6 is 12.4 Å². The molecule has 0 heterocycles. The molecule has 0 bridgehead atoms. The fourth-order valence-electron chi connectivity index (χ4n) is 1.13. The highest BCUT2D eigenvalue weighted by Crippen LogP contribution is 2.18. The molecule has 2 N–H and O–H groups in total. The van der Waals surface area contributed by atoms with E-state index >= 15 is 0 Å². The Kier molecular flexibility index (Phi) is 6.34. The molecule has 3 heteroatoms. The summed E-state index contributed by atoms with van der Waals surface area (Å²) in [6.07, 6.45) is 0.910. The summed E-state index contributed by atoms with van der Waals surface area (Å²) in [5, 5.41) is 0. The molecule has 1 aromatic carbocycles. The maximum absolute atomic E-state index is 5.58. The number of rotatable bonds is 4. The lowest BCUT2D eigenvalue weighted by Crippen LogP contribution is -2.06. The van der Waals surface area contributed by atoms with Crippen LogP contribution in [-0.2, 0) is 0 Å². The van der Waals surface area contributed by atoms with Gasteiger partial charge in [0, 0.05) is 0 Å². The molecule has 1 aromatic rings. The van der Waals surface area contributed by atoms with E-state index < -0.39 is 0 Å². The summed E-state index contributed by atoms with van der Waals surface area (Å²) in [5.74, 6) is 0.980. The molecule has 0 aliphatic heterocycles. The molecule has 0 radical (unpaired) electrons. The maximum Gasteiger partial charge on any atom is 0.122 e. The highest BCUT2D eigenvalue weighted by atomic mass is 35.5. The summed E-state index contributed by atoms with van der Waals surface area (Å²) in [7, 11) is 0. The van der Waals surface area contributed by atoms with Crippen LogP contribution in [0.25, 0.3) is 0 Å². The largest absolute Gasteiger partial charge is 0.493 e. The number of nitrogens with two attached hydrogens (primary N) is 1. The van der Waals surface area contributed by atoms with Gasteiger partial charge in [0.1, 0.15) is 5.75 Å². The third-order valence-corrected chi connectivity index (χ3v) is 1.95. The van der Waals surface area contributed by atoms with Crippen molar-refractivity contribution in [1.29, 1.82) is 0 Å². The van der Waals surface area contributed by atoms with Crippen LogP contribution in [0.1, 0.15) is 17.5 Å². The second kappa shape index (κ2) is 6.68. The molecular formula is C11H18ClNO. The molecule has 80 valence electrons. The number of halogens is 1. The Morgan fingerprint density at radius 2 is 2.00 bits per heavy atom. The molecule has 0 atom stereocenters. The molecule has 14 heavy (non-hydrogen) atoms. The SMILES string of the molecule is Cc1ccc(C)c(OCCCN)c1.Cl. The number of benzene rings is 1. The predicted molar refractivity (Wildman–Crippen MR) is 62.3 cm³/mol. The molecule has 0 amide bonds. The van der Waals surface area contributed by atoms with Gasteiger partial charge in [-0.05, 0) is 44.0 Å². The topological polar surface area (TPSA) is 35.2 Å². The average molecular weight is 216 g/mol. The van der Waals surface area contributed by atoms with Gasteiger partial charge in [0.2, 0.25) is 0 Å². The molecule has 0 fully saturated rings. The lowest BCUT2D eigenvalue weighted by atomic mass is 10.1. The van der Waals surface area contributed by atoms with Crippen LogP contribution in [-0.4, -0.2) is 13.2 Å². The van der Waals surface area contributed by atoms with Crippen molar-refractivity contribution in [3.8, 4) is 5.75 Å². The fraction of sp³-hybridized carbons (Fsp3) is 0.455. The molecular weight excluding hydrogens is 198 g/mol. The first-order valence-electron chi connectivity index (χ1n) is 4.64. The highest BCUT2D eigenvalue weighted by Gasteiger charge is 1.98. The fourth-order valence-corrected chi connectivity index (χ4v) is 1.13. The van der Waals surface area contributed by atoms with Gasteiger partial charge in [-0.3, -0.25) is 0 Å². The Labute approximate surface area is 91.9 Å². The molecule has 0 aromatic heterocycles. The van der Waals surface area contributed by atoms with E-state index in [1.165, 1.54) is 11.1 Å². The Balaban J connectivity index is 0.00000169. The number of hydrogen-bond donors (Lipinski definition) is 1. The summed E-state index contributed by atoms with van der Waals surface area (Å²) in [4.78, 5) is 0. The van der Waals surface area contributed by atoms with Crippen LogP contribution in [0.2, 0.25) is 0 Å². The van der Waals surface area contributed by atoms with Gasteiger partial charge in [0.15, 0.2) is 0 Å². The van der Waals surface area contributed by atoms with Crippen molar-refractivity contribution in [2.45, 2.75) is 20.3 Å². The van der Waals surface area contributed by atoms with E-state index in [0.717, 1.165) is 12.2 Å². The minimum atomic E-state index is 0. The zero-order chi connectivity index (χ0) is 9.68. The van der Waals surface area contributed by atoms with Crippen LogP contribution in [0.4, 0.5) is 0 Å². The minimum absolute atomic E-state index is 0. The first-order chi connectivity index (χ1) is 6.24. The van der Waals surface area contributed by atoms with Gasteiger partial charge in [-0.25, -0.2) is 0 Å². The summed E-state index contributed by atoms with van der Waals surface area (Å²) in [5.41, 5.74) is 7.79. The van der Waals surface area contributed by atoms with Crippen molar-refractivity contribution >= 4 is 12.4 Å². The molecule has 0 saturated carbocycles. The first-order valence-corrected chi connectivity index (χ1v) is 4.64. The van der Waals surface area contributed by atoms with Gasteiger partial charge >= 0.3 is 0 Å². The van der Waals surface area contributed by atoms with Crippen LogP contribution in [0.5, 0.6) is 5.75 Å². The number of ether oxygens (including phenoxy) is 1. The molecule has 0 aliphatic carbocycles. The molecule has 0 aliphatic rings. The minimum Gasteiger partial charge on any atom is -0.493 e. The Bertz CT molecular complexity index is 276. The van der Waals surface area contributed by atoms with Crippen molar-refractivity contribution in [1.82, 2.24) is 0 Å². The van der Waals surface area contributed by atoms with Gasteiger partial charge in [-0.1, -0.05) is 12.1 Å². The average Bonchev–Trinajstić information content (AvgIpc) is 2.11. The standard InChI is InChI=1S/C11H17NO.ClH/c1-9-4-5-10(2)11(8-9)13-7-3-6-12;/h4-5,8H,3,6-7,12H2,1-2H3;1H. The molecule has 0 saturated heterocycles. The molecule has 2 nitrogen and oxygen atoms in total. The summed E-state index contributed by atoms with van der Waals surface area (Å²) in [6.45, 7) is 5.51. The van der Waals surface area contributed by atoms with Gasteiger partial charge in [-0.2, -0.15) is 0 Å². The Morgan fingerprint density at radius 1 is 1.29 bits per heavy atom. The molecule has 0 unspecified atom stereocenters. The third-order valence-electron chi connectivity index (χ3n) is 1.95.